The maximum atomic E-state index is 12.1. The molecule has 1 unspecified atom stereocenters. The Labute approximate surface area is 157 Å². The van der Waals surface area contributed by atoms with Crippen LogP contribution in [0, 0.1) is 0 Å². The highest BCUT2D eigenvalue weighted by atomic mass is 28.3. The fourth-order valence-electron chi connectivity index (χ4n) is 4.36. The van der Waals surface area contributed by atoms with Crippen LogP contribution >= 0.6 is 0 Å². The molecule has 1 aliphatic rings. The first-order valence-corrected chi connectivity index (χ1v) is 12.3. The second-order valence-corrected chi connectivity index (χ2v) is 12.7. The van der Waals surface area contributed by atoms with Crippen LogP contribution in [0.1, 0.15) is 25.3 Å². The van der Waals surface area contributed by atoms with Crippen molar-refractivity contribution in [2.24, 2.45) is 0 Å². The van der Waals surface area contributed by atoms with Crippen molar-refractivity contribution in [1.29, 1.82) is 0 Å². The molecule has 4 heteroatoms. The van der Waals surface area contributed by atoms with Crippen molar-refractivity contribution in [3.8, 4) is 5.75 Å². The fraction of sp³-hybridized carbons (Fsp3) is 0.409. The highest BCUT2D eigenvalue weighted by Crippen LogP contribution is 2.47. The van der Waals surface area contributed by atoms with Gasteiger partial charge in [0.1, 0.15) is 5.75 Å². The van der Waals surface area contributed by atoms with Crippen LogP contribution in [0.15, 0.2) is 54.6 Å². The Bertz CT molecular complexity index is 755. The minimum atomic E-state index is -1.89. The molecule has 0 aromatic heterocycles. The Morgan fingerprint density at radius 1 is 1.08 bits per heavy atom. The Kier molecular flexibility index (Phi) is 5.23. The molecule has 2 aromatic carbocycles. The summed E-state index contributed by atoms with van der Waals surface area (Å²) in [6.07, 6.45) is 1.28. The molecule has 1 saturated heterocycles. The average Bonchev–Trinajstić information content (AvgIpc) is 2.82. The lowest BCUT2D eigenvalue weighted by Crippen LogP contribution is -2.54. The van der Waals surface area contributed by atoms with Crippen molar-refractivity contribution in [3.05, 3.63) is 60.2 Å². The first-order valence-electron chi connectivity index (χ1n) is 9.23. The van der Waals surface area contributed by atoms with Crippen molar-refractivity contribution in [2.45, 2.75) is 43.8 Å². The molecule has 0 radical (unpaired) electrons. The summed E-state index contributed by atoms with van der Waals surface area (Å²) in [5.41, 5.74) is 1.46. The summed E-state index contributed by atoms with van der Waals surface area (Å²) < 4.78 is 11.0. The molecular weight excluding hydrogens is 340 g/mol. The summed E-state index contributed by atoms with van der Waals surface area (Å²) in [6.45, 7) is 7.59. The molecule has 0 N–H and O–H groups in total. The van der Waals surface area contributed by atoms with E-state index in [1.807, 2.05) is 12.1 Å². The number of cyclic esters (lactones) is 1. The van der Waals surface area contributed by atoms with Crippen LogP contribution in [-0.2, 0) is 14.9 Å². The Hall–Kier alpha value is -2.07. The molecule has 0 spiro atoms. The van der Waals surface area contributed by atoms with Gasteiger partial charge in [-0.1, -0.05) is 67.7 Å². The first kappa shape index (κ1) is 18.7. The Balaban J connectivity index is 2.07. The van der Waals surface area contributed by atoms with Gasteiger partial charge in [0.2, 0.25) is 0 Å². The predicted octanol–water partition coefficient (Wildman–Crippen LogP) is 4.28. The zero-order chi connectivity index (χ0) is 18.8. The van der Waals surface area contributed by atoms with Crippen molar-refractivity contribution in [3.63, 3.8) is 0 Å². The minimum Gasteiger partial charge on any atom is -0.497 e. The SMILES string of the molecule is COc1ccc([C@@]2(C)CCC(=O)OCC2[Si](C)(C)c2ccccc2)cc1. The second-order valence-electron chi connectivity index (χ2n) is 7.97. The monoisotopic (exact) mass is 368 g/mol. The van der Waals surface area contributed by atoms with E-state index in [9.17, 15) is 4.79 Å². The van der Waals surface area contributed by atoms with Gasteiger partial charge in [-0.15, -0.1) is 0 Å². The third-order valence-corrected chi connectivity index (χ3v) is 10.5. The maximum Gasteiger partial charge on any atom is 0.305 e. The number of benzene rings is 2. The predicted molar refractivity (Wildman–Crippen MR) is 108 cm³/mol. The van der Waals surface area contributed by atoms with E-state index < -0.39 is 8.07 Å². The van der Waals surface area contributed by atoms with Gasteiger partial charge in [-0.05, 0) is 29.5 Å². The van der Waals surface area contributed by atoms with Gasteiger partial charge in [-0.3, -0.25) is 4.79 Å². The summed E-state index contributed by atoms with van der Waals surface area (Å²) >= 11 is 0. The van der Waals surface area contributed by atoms with E-state index in [0.29, 0.717) is 18.6 Å². The van der Waals surface area contributed by atoms with E-state index in [1.165, 1.54) is 10.8 Å². The van der Waals surface area contributed by atoms with E-state index in [0.717, 1.165) is 12.2 Å². The summed E-state index contributed by atoms with van der Waals surface area (Å²) in [5, 5.41) is 1.41. The summed E-state index contributed by atoms with van der Waals surface area (Å²) in [6, 6.07) is 19.1. The van der Waals surface area contributed by atoms with Gasteiger partial charge in [-0.25, -0.2) is 0 Å². The maximum absolute atomic E-state index is 12.1. The lowest BCUT2D eigenvalue weighted by molar-refractivity contribution is -0.142. The van der Waals surface area contributed by atoms with E-state index in [4.69, 9.17) is 9.47 Å². The highest BCUT2D eigenvalue weighted by molar-refractivity contribution is 6.91. The van der Waals surface area contributed by atoms with Gasteiger partial charge in [0.05, 0.1) is 21.8 Å². The quantitative estimate of drug-likeness (QED) is 0.597. The molecule has 1 fully saturated rings. The van der Waals surface area contributed by atoms with Crippen LogP contribution in [0.4, 0.5) is 0 Å². The molecule has 2 aromatic rings. The van der Waals surface area contributed by atoms with Crippen LogP contribution in [0.3, 0.4) is 0 Å². The van der Waals surface area contributed by atoms with E-state index in [-0.39, 0.29) is 11.4 Å². The zero-order valence-electron chi connectivity index (χ0n) is 16.1. The number of hydrogen-bond donors (Lipinski definition) is 0. The van der Waals surface area contributed by atoms with Crippen molar-refractivity contribution in [1.82, 2.24) is 0 Å². The molecule has 2 atom stereocenters. The standard InChI is InChI=1S/C22H28O3Si/c1-22(17-10-12-18(24-2)13-11-17)15-14-21(23)25-16-20(22)26(3,4)19-8-6-5-7-9-19/h5-13,20H,14-16H2,1-4H3/t20?,22-/m1/s1. The number of carbonyl (C=O) groups is 1. The number of rotatable bonds is 4. The first-order chi connectivity index (χ1) is 12.4. The number of methoxy groups -OCH3 is 1. The van der Waals surface area contributed by atoms with Gasteiger partial charge in [0.25, 0.3) is 0 Å². The van der Waals surface area contributed by atoms with Crippen molar-refractivity contribution < 1.29 is 14.3 Å². The molecular formula is C22H28O3Si. The van der Waals surface area contributed by atoms with Crippen LogP contribution < -0.4 is 9.92 Å². The highest BCUT2D eigenvalue weighted by Gasteiger charge is 2.48. The average molecular weight is 369 g/mol. The van der Waals surface area contributed by atoms with Crippen LogP contribution in [0.2, 0.25) is 18.6 Å². The molecule has 138 valence electrons. The molecule has 0 aliphatic carbocycles. The lowest BCUT2D eigenvalue weighted by Gasteiger charge is -2.44. The Morgan fingerprint density at radius 3 is 2.35 bits per heavy atom. The molecule has 1 aliphatic heterocycles. The summed E-state index contributed by atoms with van der Waals surface area (Å²) in [4.78, 5) is 12.1. The molecule has 3 nitrogen and oxygen atoms in total. The van der Waals surface area contributed by atoms with Gasteiger partial charge in [-0.2, -0.15) is 0 Å². The number of hydrogen-bond acceptors (Lipinski definition) is 3. The fourth-order valence-corrected chi connectivity index (χ4v) is 8.22. The minimum absolute atomic E-state index is 0.0786. The summed E-state index contributed by atoms with van der Waals surface area (Å²) in [5.74, 6) is 0.777. The normalized spacial score (nSPS) is 23.8. The number of esters is 1. The molecule has 1 heterocycles. The van der Waals surface area contributed by atoms with Crippen LogP contribution in [0.5, 0.6) is 5.75 Å². The third-order valence-electron chi connectivity index (χ3n) is 6.17. The van der Waals surface area contributed by atoms with Crippen LogP contribution in [-0.4, -0.2) is 27.8 Å². The topological polar surface area (TPSA) is 35.5 Å². The molecule has 0 bridgehead atoms. The van der Waals surface area contributed by atoms with Crippen LogP contribution in [0.25, 0.3) is 0 Å². The molecule has 26 heavy (non-hydrogen) atoms. The van der Waals surface area contributed by atoms with E-state index in [1.54, 1.807) is 7.11 Å². The number of carbonyl (C=O) groups excluding carboxylic acids is 1. The second kappa shape index (κ2) is 7.27. The molecule has 0 amide bonds. The van der Waals surface area contributed by atoms with E-state index in [2.05, 4.69) is 62.5 Å². The summed E-state index contributed by atoms with van der Waals surface area (Å²) in [7, 11) is -0.205. The van der Waals surface area contributed by atoms with Crippen molar-refractivity contribution in [2.75, 3.05) is 13.7 Å². The van der Waals surface area contributed by atoms with Gasteiger partial charge in [0, 0.05) is 12.0 Å². The Morgan fingerprint density at radius 2 is 1.73 bits per heavy atom. The lowest BCUT2D eigenvalue weighted by atomic mass is 9.76. The molecule has 3 rings (SSSR count). The smallest absolute Gasteiger partial charge is 0.305 e. The van der Waals surface area contributed by atoms with E-state index >= 15 is 0 Å². The largest absolute Gasteiger partial charge is 0.497 e. The van der Waals surface area contributed by atoms with Gasteiger partial charge in [0.15, 0.2) is 0 Å². The van der Waals surface area contributed by atoms with Crippen molar-refractivity contribution >= 4 is 19.2 Å². The van der Waals surface area contributed by atoms with Gasteiger partial charge < -0.3 is 9.47 Å². The third kappa shape index (κ3) is 3.43. The van der Waals surface area contributed by atoms with Gasteiger partial charge >= 0.3 is 5.97 Å². The zero-order valence-corrected chi connectivity index (χ0v) is 17.1. The number of ether oxygens (including phenoxy) is 2. The molecule has 0 saturated carbocycles.